The largest absolute Gasteiger partial charge is 0.468 e. The van der Waals surface area contributed by atoms with Gasteiger partial charge in [-0.3, -0.25) is 20.0 Å². The van der Waals surface area contributed by atoms with E-state index >= 15 is 0 Å². The summed E-state index contributed by atoms with van der Waals surface area (Å²) in [5.41, 5.74) is 0.590. The van der Waals surface area contributed by atoms with Crippen LogP contribution in [0.3, 0.4) is 0 Å². The summed E-state index contributed by atoms with van der Waals surface area (Å²) in [6.45, 7) is 0. The number of hydrogen-bond donors (Lipinski definition) is 1. The maximum Gasteiger partial charge on any atom is 0.317 e. The Labute approximate surface area is 107 Å². The summed E-state index contributed by atoms with van der Waals surface area (Å²) in [6, 6.07) is 4.60. The number of ether oxygens (including phenoxy) is 1. The molecule has 0 fully saturated rings. The summed E-state index contributed by atoms with van der Waals surface area (Å²) in [4.78, 5) is 21.2. The Morgan fingerprint density at radius 3 is 3.05 bits per heavy atom. The molecule has 2 rings (SSSR count). The lowest BCUT2D eigenvalue weighted by atomic mass is 10.2. The number of nitro benzene ring substituents is 1. The van der Waals surface area contributed by atoms with Crippen molar-refractivity contribution < 1.29 is 14.5 Å². The number of H-pyrrole nitrogens is 1. The molecule has 19 heavy (non-hydrogen) atoms. The third kappa shape index (κ3) is 2.52. The monoisotopic (exact) mass is 259 g/mol. The number of rotatable bonds is 2. The molecule has 1 heterocycles. The highest BCUT2D eigenvalue weighted by Gasteiger charge is 2.15. The van der Waals surface area contributed by atoms with Crippen LogP contribution in [0.15, 0.2) is 18.2 Å². The maximum atomic E-state index is 10.9. The minimum Gasteiger partial charge on any atom is -0.468 e. The third-order valence-electron chi connectivity index (χ3n) is 2.43. The van der Waals surface area contributed by atoms with Crippen LogP contribution < -0.4 is 0 Å². The van der Waals surface area contributed by atoms with Crippen LogP contribution in [0.1, 0.15) is 12.1 Å². The van der Waals surface area contributed by atoms with Crippen molar-refractivity contribution in [1.29, 1.82) is 0 Å². The van der Waals surface area contributed by atoms with Crippen LogP contribution in [0.4, 0.5) is 5.69 Å². The molecule has 0 saturated carbocycles. The minimum atomic E-state index is -0.505. The molecule has 0 saturated heterocycles. The zero-order valence-corrected chi connectivity index (χ0v) is 9.97. The van der Waals surface area contributed by atoms with Gasteiger partial charge in [-0.05, 0) is 12.0 Å². The molecule has 0 amide bonds. The molecule has 0 aliphatic rings. The highest BCUT2D eigenvalue weighted by atomic mass is 16.6. The summed E-state index contributed by atoms with van der Waals surface area (Å²) >= 11 is 0. The van der Waals surface area contributed by atoms with E-state index in [1.807, 2.05) is 0 Å². The lowest BCUT2D eigenvalue weighted by Gasteiger charge is -1.91. The van der Waals surface area contributed by atoms with Crippen molar-refractivity contribution in [3.63, 3.8) is 0 Å². The van der Waals surface area contributed by atoms with Crippen LogP contribution in [0.2, 0.25) is 0 Å². The first-order valence-corrected chi connectivity index (χ1v) is 5.30. The molecule has 1 N–H and O–H groups in total. The van der Waals surface area contributed by atoms with E-state index in [-0.39, 0.29) is 17.6 Å². The van der Waals surface area contributed by atoms with Gasteiger partial charge in [0.2, 0.25) is 0 Å². The number of nitrogens with one attached hydrogen (secondary N) is 1. The van der Waals surface area contributed by atoms with Gasteiger partial charge in [0.25, 0.3) is 5.69 Å². The van der Waals surface area contributed by atoms with Crippen molar-refractivity contribution in [3.8, 4) is 11.8 Å². The molecule has 96 valence electrons. The molecule has 7 heteroatoms. The summed E-state index contributed by atoms with van der Waals surface area (Å²) in [7, 11) is 1.28. The first-order valence-electron chi connectivity index (χ1n) is 5.30. The van der Waals surface area contributed by atoms with E-state index in [4.69, 9.17) is 0 Å². The molecule has 0 atom stereocenters. The summed E-state index contributed by atoms with van der Waals surface area (Å²) < 4.78 is 4.45. The zero-order chi connectivity index (χ0) is 13.8. The molecule has 7 nitrogen and oxygen atoms in total. The Bertz CT molecular complexity index is 709. The van der Waals surface area contributed by atoms with Crippen molar-refractivity contribution in [2.75, 3.05) is 7.11 Å². The van der Waals surface area contributed by atoms with Crippen LogP contribution in [0.5, 0.6) is 0 Å². The van der Waals surface area contributed by atoms with Gasteiger partial charge in [-0.2, -0.15) is 5.10 Å². The molecular formula is C12H9N3O4. The highest BCUT2D eigenvalue weighted by Crippen LogP contribution is 2.24. The molecule has 0 radical (unpaired) electrons. The Kier molecular flexibility index (Phi) is 3.43. The van der Waals surface area contributed by atoms with E-state index in [0.29, 0.717) is 11.1 Å². The van der Waals surface area contributed by atoms with E-state index in [1.165, 1.54) is 13.2 Å². The highest BCUT2D eigenvalue weighted by molar-refractivity contribution is 5.91. The lowest BCUT2D eigenvalue weighted by molar-refractivity contribution is -0.383. The molecule has 1 aromatic carbocycles. The number of esters is 1. The second-order valence-corrected chi connectivity index (χ2v) is 3.58. The third-order valence-corrected chi connectivity index (χ3v) is 2.43. The number of hydrogen-bond acceptors (Lipinski definition) is 5. The van der Waals surface area contributed by atoms with Crippen molar-refractivity contribution in [1.82, 2.24) is 10.2 Å². The SMILES string of the molecule is COC(=O)CC#Cc1[nH]nc2c([N+](=O)[O-])cccc12. The van der Waals surface area contributed by atoms with Crippen LogP contribution >= 0.6 is 0 Å². The van der Waals surface area contributed by atoms with Crippen LogP contribution in [-0.2, 0) is 9.53 Å². The number of para-hydroxylation sites is 1. The van der Waals surface area contributed by atoms with Gasteiger partial charge in [0, 0.05) is 11.5 Å². The molecule has 0 aliphatic heterocycles. The van der Waals surface area contributed by atoms with Crippen molar-refractivity contribution in [3.05, 3.63) is 34.0 Å². The summed E-state index contributed by atoms with van der Waals surface area (Å²) in [6.07, 6.45) is -0.0497. The Hall–Kier alpha value is -2.88. The van der Waals surface area contributed by atoms with E-state index in [2.05, 4.69) is 26.8 Å². The lowest BCUT2D eigenvalue weighted by Crippen LogP contribution is -1.97. The summed E-state index contributed by atoms with van der Waals surface area (Å²) in [5, 5.41) is 17.9. The van der Waals surface area contributed by atoms with E-state index in [9.17, 15) is 14.9 Å². The summed E-state index contributed by atoms with van der Waals surface area (Å²) in [5.74, 6) is 4.88. The molecule has 0 aliphatic carbocycles. The van der Waals surface area contributed by atoms with Crippen molar-refractivity contribution in [2.24, 2.45) is 0 Å². The first kappa shape index (κ1) is 12.6. The Morgan fingerprint density at radius 1 is 1.58 bits per heavy atom. The zero-order valence-electron chi connectivity index (χ0n) is 9.97. The number of aromatic amines is 1. The normalized spacial score (nSPS) is 9.74. The van der Waals surface area contributed by atoms with Gasteiger partial charge >= 0.3 is 5.97 Å². The number of nitrogens with zero attached hydrogens (tertiary/aromatic N) is 2. The number of carbonyl (C=O) groups is 1. The second kappa shape index (κ2) is 5.18. The fourth-order valence-corrected chi connectivity index (χ4v) is 1.54. The predicted molar refractivity (Wildman–Crippen MR) is 66.3 cm³/mol. The fraction of sp³-hybridized carbons (Fsp3) is 0.167. The Balaban J connectivity index is 2.39. The number of carbonyl (C=O) groups excluding carboxylic acids is 1. The number of methoxy groups -OCH3 is 1. The molecule has 0 spiro atoms. The van der Waals surface area contributed by atoms with Gasteiger partial charge in [-0.15, -0.1) is 0 Å². The van der Waals surface area contributed by atoms with Gasteiger partial charge in [-0.1, -0.05) is 12.0 Å². The quantitative estimate of drug-likeness (QED) is 0.380. The Morgan fingerprint density at radius 2 is 2.37 bits per heavy atom. The van der Waals surface area contributed by atoms with E-state index in [1.54, 1.807) is 12.1 Å². The van der Waals surface area contributed by atoms with E-state index < -0.39 is 10.9 Å². The molecule has 1 aromatic heterocycles. The predicted octanol–water partition coefficient (Wildman–Crippen LogP) is 1.39. The van der Waals surface area contributed by atoms with Crippen LogP contribution in [0, 0.1) is 22.0 Å². The van der Waals surface area contributed by atoms with E-state index in [0.717, 1.165) is 0 Å². The average Bonchev–Trinajstić information content (AvgIpc) is 2.81. The smallest absolute Gasteiger partial charge is 0.317 e. The molecule has 0 unspecified atom stereocenters. The second-order valence-electron chi connectivity index (χ2n) is 3.58. The molecule has 0 bridgehead atoms. The van der Waals surface area contributed by atoms with Gasteiger partial charge < -0.3 is 4.74 Å². The number of fused-ring (bicyclic) bond motifs is 1. The topological polar surface area (TPSA) is 98.1 Å². The van der Waals surface area contributed by atoms with Crippen molar-refractivity contribution >= 4 is 22.6 Å². The fourth-order valence-electron chi connectivity index (χ4n) is 1.54. The first-order chi connectivity index (χ1) is 9.13. The maximum absolute atomic E-state index is 10.9. The number of nitro groups is 1. The van der Waals surface area contributed by atoms with Crippen molar-refractivity contribution in [2.45, 2.75) is 6.42 Å². The van der Waals surface area contributed by atoms with Gasteiger partial charge in [0.1, 0.15) is 12.1 Å². The van der Waals surface area contributed by atoms with Crippen LogP contribution in [0.25, 0.3) is 10.9 Å². The number of benzene rings is 1. The van der Waals surface area contributed by atoms with Gasteiger partial charge in [-0.25, -0.2) is 0 Å². The average molecular weight is 259 g/mol. The van der Waals surface area contributed by atoms with Crippen LogP contribution in [-0.4, -0.2) is 28.2 Å². The van der Waals surface area contributed by atoms with Gasteiger partial charge in [0.05, 0.1) is 12.0 Å². The van der Waals surface area contributed by atoms with Gasteiger partial charge in [0.15, 0.2) is 5.52 Å². The molecule has 2 aromatic rings. The molecular weight excluding hydrogens is 250 g/mol. The minimum absolute atomic E-state index is 0.0497. The number of aromatic nitrogens is 2. The standard InChI is InChI=1S/C12H9N3O4/c1-19-11(16)7-3-5-9-8-4-2-6-10(15(17)18)12(8)14-13-9/h2,4,6H,7H2,1H3,(H,13,14). The number of non-ortho nitro benzene ring substituents is 1.